The highest BCUT2D eigenvalue weighted by molar-refractivity contribution is 6.29. The van der Waals surface area contributed by atoms with Gasteiger partial charge >= 0.3 is 5.97 Å². The lowest BCUT2D eigenvalue weighted by molar-refractivity contribution is -0.137. The molecule has 1 amide bonds. The van der Waals surface area contributed by atoms with Gasteiger partial charge in [-0.2, -0.15) is 0 Å². The van der Waals surface area contributed by atoms with Crippen LogP contribution in [0.2, 0.25) is 5.15 Å². The molecule has 0 bridgehead atoms. The average molecular weight is 258 g/mol. The number of nitrogens with one attached hydrogen (secondary N) is 1. The van der Waals surface area contributed by atoms with E-state index in [-0.39, 0.29) is 17.3 Å². The Labute approximate surface area is 103 Å². The molecule has 92 valence electrons. The number of carboxylic acid groups (broad SMARTS) is 1. The summed E-state index contributed by atoms with van der Waals surface area (Å²) in [5.41, 5.74) is 0.109. The molecule has 0 aliphatic heterocycles. The lowest BCUT2D eigenvalue weighted by Gasteiger charge is -2.13. The molecular weight excluding hydrogens is 246 g/mol. The topological polar surface area (TPSA) is 92.2 Å². The highest BCUT2D eigenvalue weighted by Gasteiger charge is 2.16. The number of carbonyl (C=O) groups excluding carboxylic acids is 1. The van der Waals surface area contributed by atoms with Crippen molar-refractivity contribution >= 4 is 23.5 Å². The first-order valence-corrected chi connectivity index (χ1v) is 5.42. The van der Waals surface area contributed by atoms with Gasteiger partial charge < -0.3 is 10.4 Å². The molecule has 0 aromatic carbocycles. The van der Waals surface area contributed by atoms with Crippen molar-refractivity contribution in [3.63, 3.8) is 0 Å². The summed E-state index contributed by atoms with van der Waals surface area (Å²) in [6.45, 7) is 1.79. The van der Waals surface area contributed by atoms with Gasteiger partial charge in [-0.25, -0.2) is 0 Å². The van der Waals surface area contributed by atoms with Crippen molar-refractivity contribution in [3.8, 4) is 0 Å². The van der Waals surface area contributed by atoms with E-state index < -0.39 is 17.9 Å². The van der Waals surface area contributed by atoms with E-state index in [0.29, 0.717) is 6.42 Å². The third-order valence-corrected chi connectivity index (χ3v) is 2.32. The maximum Gasteiger partial charge on any atom is 0.305 e. The first-order valence-electron chi connectivity index (χ1n) is 5.04. The quantitative estimate of drug-likeness (QED) is 0.824. The van der Waals surface area contributed by atoms with Gasteiger partial charge in [-0.3, -0.25) is 9.59 Å². The predicted octanol–water partition coefficient (Wildman–Crippen LogP) is 1.11. The molecule has 7 heteroatoms. The number of amides is 1. The van der Waals surface area contributed by atoms with E-state index in [2.05, 4.69) is 15.5 Å². The zero-order valence-electron chi connectivity index (χ0n) is 9.18. The summed E-state index contributed by atoms with van der Waals surface area (Å²) in [6.07, 6.45) is 0.405. The summed E-state index contributed by atoms with van der Waals surface area (Å²) < 4.78 is 0. The molecule has 17 heavy (non-hydrogen) atoms. The molecule has 0 aliphatic rings. The Hall–Kier alpha value is -1.69. The SMILES string of the molecule is CCC(CC(=O)O)NC(=O)c1ccc(Cl)nn1. The average Bonchev–Trinajstić information content (AvgIpc) is 2.28. The summed E-state index contributed by atoms with van der Waals surface area (Å²) in [6, 6.07) is 2.46. The monoisotopic (exact) mass is 257 g/mol. The molecule has 1 unspecified atom stereocenters. The second-order valence-corrected chi connectivity index (χ2v) is 3.81. The summed E-state index contributed by atoms with van der Waals surface area (Å²) in [7, 11) is 0. The van der Waals surface area contributed by atoms with Crippen molar-refractivity contribution in [2.24, 2.45) is 0 Å². The third-order valence-electron chi connectivity index (χ3n) is 2.11. The van der Waals surface area contributed by atoms with Crippen LogP contribution in [0.5, 0.6) is 0 Å². The van der Waals surface area contributed by atoms with Gasteiger partial charge in [-0.15, -0.1) is 10.2 Å². The molecule has 0 radical (unpaired) electrons. The van der Waals surface area contributed by atoms with Crippen LogP contribution in [-0.2, 0) is 4.79 Å². The number of rotatable bonds is 5. The molecule has 0 aliphatic carbocycles. The number of hydrogen-bond donors (Lipinski definition) is 2. The van der Waals surface area contributed by atoms with Crippen LogP contribution in [0.25, 0.3) is 0 Å². The summed E-state index contributed by atoms with van der Waals surface area (Å²) >= 11 is 5.54. The maximum atomic E-state index is 11.7. The normalized spacial score (nSPS) is 11.9. The zero-order valence-corrected chi connectivity index (χ0v) is 9.94. The first kappa shape index (κ1) is 13.4. The van der Waals surface area contributed by atoms with Crippen molar-refractivity contribution < 1.29 is 14.7 Å². The van der Waals surface area contributed by atoms with E-state index in [1.807, 2.05) is 0 Å². The fraction of sp³-hybridized carbons (Fsp3) is 0.400. The largest absolute Gasteiger partial charge is 0.481 e. The Morgan fingerprint density at radius 1 is 1.47 bits per heavy atom. The van der Waals surface area contributed by atoms with E-state index in [1.165, 1.54) is 12.1 Å². The van der Waals surface area contributed by atoms with Gasteiger partial charge in [0.05, 0.1) is 6.42 Å². The van der Waals surface area contributed by atoms with E-state index in [0.717, 1.165) is 0 Å². The Balaban J connectivity index is 2.64. The van der Waals surface area contributed by atoms with Crippen molar-refractivity contribution in [2.45, 2.75) is 25.8 Å². The summed E-state index contributed by atoms with van der Waals surface area (Å²) in [4.78, 5) is 22.2. The number of carbonyl (C=O) groups is 2. The Morgan fingerprint density at radius 3 is 2.65 bits per heavy atom. The Kier molecular flexibility index (Phi) is 4.84. The van der Waals surface area contributed by atoms with Gasteiger partial charge in [-0.1, -0.05) is 18.5 Å². The first-order chi connectivity index (χ1) is 8.02. The van der Waals surface area contributed by atoms with Crippen LogP contribution in [0.4, 0.5) is 0 Å². The molecule has 0 saturated carbocycles. The van der Waals surface area contributed by atoms with Gasteiger partial charge in [0.1, 0.15) is 0 Å². The number of aliphatic carboxylic acids is 1. The lowest BCUT2D eigenvalue weighted by Crippen LogP contribution is -2.36. The minimum absolute atomic E-state index is 0.109. The van der Waals surface area contributed by atoms with Crippen molar-refractivity contribution in [1.82, 2.24) is 15.5 Å². The molecule has 0 saturated heterocycles. The molecule has 1 aromatic rings. The van der Waals surface area contributed by atoms with Crippen LogP contribution in [0.15, 0.2) is 12.1 Å². The van der Waals surface area contributed by atoms with E-state index >= 15 is 0 Å². The second kappa shape index (κ2) is 6.15. The number of nitrogens with zero attached hydrogens (tertiary/aromatic N) is 2. The van der Waals surface area contributed by atoms with E-state index in [9.17, 15) is 9.59 Å². The van der Waals surface area contributed by atoms with Crippen LogP contribution in [0.3, 0.4) is 0 Å². The van der Waals surface area contributed by atoms with Crippen molar-refractivity contribution in [2.75, 3.05) is 0 Å². The number of carboxylic acids is 1. The molecule has 0 fully saturated rings. The fourth-order valence-electron chi connectivity index (χ4n) is 1.20. The van der Waals surface area contributed by atoms with Crippen LogP contribution in [0, 0.1) is 0 Å². The standard InChI is InChI=1S/C10H12ClN3O3/c1-2-6(5-9(15)16)12-10(17)7-3-4-8(11)14-13-7/h3-4,6H,2,5H2,1H3,(H,12,17)(H,15,16). The predicted molar refractivity (Wildman–Crippen MR) is 60.8 cm³/mol. The van der Waals surface area contributed by atoms with Gasteiger partial charge in [0.15, 0.2) is 10.8 Å². The highest BCUT2D eigenvalue weighted by atomic mass is 35.5. The molecule has 1 heterocycles. The van der Waals surface area contributed by atoms with E-state index in [4.69, 9.17) is 16.7 Å². The Bertz CT molecular complexity index is 408. The smallest absolute Gasteiger partial charge is 0.305 e. The second-order valence-electron chi connectivity index (χ2n) is 3.42. The van der Waals surface area contributed by atoms with Gasteiger partial charge in [0.25, 0.3) is 5.91 Å². The zero-order chi connectivity index (χ0) is 12.8. The molecule has 1 aromatic heterocycles. The van der Waals surface area contributed by atoms with Crippen LogP contribution in [0.1, 0.15) is 30.3 Å². The van der Waals surface area contributed by atoms with Crippen LogP contribution >= 0.6 is 11.6 Å². The van der Waals surface area contributed by atoms with Gasteiger partial charge in [0, 0.05) is 6.04 Å². The summed E-state index contributed by atoms with van der Waals surface area (Å²) in [5, 5.41) is 18.5. The number of hydrogen-bond acceptors (Lipinski definition) is 4. The molecule has 2 N–H and O–H groups in total. The summed E-state index contributed by atoms with van der Waals surface area (Å²) in [5.74, 6) is -1.42. The Morgan fingerprint density at radius 2 is 2.18 bits per heavy atom. The lowest BCUT2D eigenvalue weighted by atomic mass is 10.1. The highest BCUT2D eigenvalue weighted by Crippen LogP contribution is 2.04. The minimum Gasteiger partial charge on any atom is -0.481 e. The van der Waals surface area contributed by atoms with Crippen LogP contribution in [-0.4, -0.2) is 33.2 Å². The molecule has 1 atom stereocenters. The molecule has 6 nitrogen and oxygen atoms in total. The maximum absolute atomic E-state index is 11.7. The number of halogens is 1. The molecule has 0 spiro atoms. The van der Waals surface area contributed by atoms with Gasteiger partial charge in [-0.05, 0) is 18.6 Å². The van der Waals surface area contributed by atoms with Gasteiger partial charge in [0.2, 0.25) is 0 Å². The van der Waals surface area contributed by atoms with E-state index in [1.54, 1.807) is 6.92 Å². The third kappa shape index (κ3) is 4.36. The minimum atomic E-state index is -0.959. The number of aromatic nitrogens is 2. The van der Waals surface area contributed by atoms with Crippen LogP contribution < -0.4 is 5.32 Å². The molecular formula is C10H12ClN3O3. The van der Waals surface area contributed by atoms with Crippen molar-refractivity contribution in [3.05, 3.63) is 23.0 Å². The van der Waals surface area contributed by atoms with Crippen molar-refractivity contribution in [1.29, 1.82) is 0 Å². The fourth-order valence-corrected chi connectivity index (χ4v) is 1.31. The molecule has 1 rings (SSSR count).